The molecule has 6 nitrogen and oxygen atoms in total. The Hall–Kier alpha value is -1.55. The number of carbonyl (C=O) groups is 1. The number of carbonyl (C=O) groups excluding carboxylic acids is 1. The first kappa shape index (κ1) is 17.3. The largest absolute Gasteiger partial charge is 0.296 e. The molecule has 0 bridgehead atoms. The van der Waals surface area contributed by atoms with Gasteiger partial charge in [0.05, 0.1) is 5.69 Å². The van der Waals surface area contributed by atoms with E-state index in [0.717, 1.165) is 27.2 Å². The number of halogens is 1. The third-order valence-electron chi connectivity index (χ3n) is 3.00. The monoisotopic (exact) mass is 397 g/mol. The second-order valence-electron chi connectivity index (χ2n) is 4.64. The molecule has 0 spiro atoms. The molecule has 3 aromatic rings. The van der Waals surface area contributed by atoms with Gasteiger partial charge in [0.2, 0.25) is 5.13 Å². The van der Waals surface area contributed by atoms with Crippen LogP contribution < -0.4 is 5.32 Å². The van der Waals surface area contributed by atoms with E-state index in [-0.39, 0.29) is 5.91 Å². The molecule has 10 heteroatoms. The summed E-state index contributed by atoms with van der Waals surface area (Å²) in [6, 6.07) is 7.67. The topological polar surface area (TPSA) is 80.7 Å². The minimum absolute atomic E-state index is 0.243. The molecule has 0 radical (unpaired) electrons. The van der Waals surface area contributed by atoms with Crippen molar-refractivity contribution < 1.29 is 4.79 Å². The van der Waals surface area contributed by atoms with Crippen LogP contribution in [0.25, 0.3) is 0 Å². The first-order valence-electron chi connectivity index (χ1n) is 6.99. The summed E-state index contributed by atoms with van der Waals surface area (Å²) in [5.41, 5.74) is 1.84. The first-order valence-corrected chi connectivity index (χ1v) is 9.94. The molecule has 0 saturated heterocycles. The predicted molar refractivity (Wildman–Crippen MR) is 98.2 cm³/mol. The summed E-state index contributed by atoms with van der Waals surface area (Å²) in [6.07, 6.45) is 0.664. The number of anilines is 1. The third kappa shape index (κ3) is 4.29. The molecule has 3 rings (SSSR count). The molecule has 1 N–H and O–H groups in total. The Morgan fingerprint density at radius 1 is 1.25 bits per heavy atom. The second-order valence-corrected chi connectivity index (χ2v) is 8.04. The van der Waals surface area contributed by atoms with E-state index in [0.29, 0.717) is 27.1 Å². The Morgan fingerprint density at radius 2 is 2.04 bits per heavy atom. The van der Waals surface area contributed by atoms with Gasteiger partial charge in [-0.1, -0.05) is 58.2 Å². The zero-order chi connectivity index (χ0) is 16.9. The lowest BCUT2D eigenvalue weighted by Crippen LogP contribution is -2.12. The van der Waals surface area contributed by atoms with Gasteiger partial charge in [0, 0.05) is 10.8 Å². The Kier molecular flexibility index (Phi) is 5.77. The van der Waals surface area contributed by atoms with Crippen molar-refractivity contribution in [1.82, 2.24) is 19.8 Å². The molecule has 2 heterocycles. The van der Waals surface area contributed by atoms with E-state index in [1.165, 1.54) is 11.3 Å². The molecule has 0 unspecified atom stereocenters. The number of thioether (sulfide) groups is 1. The maximum Gasteiger partial charge on any atom is 0.271 e. The SMILES string of the molecule is CCc1nnsc1C(=O)Nc1nnc(SCc2ccc(Cl)cc2)s1. The number of amides is 1. The lowest BCUT2D eigenvalue weighted by molar-refractivity contribution is 0.102. The fraction of sp³-hybridized carbons (Fsp3) is 0.214. The number of hydrogen-bond donors (Lipinski definition) is 1. The van der Waals surface area contributed by atoms with Crippen LogP contribution in [0.1, 0.15) is 27.9 Å². The van der Waals surface area contributed by atoms with Gasteiger partial charge in [-0.2, -0.15) is 0 Å². The number of nitrogens with zero attached hydrogens (tertiary/aromatic N) is 4. The van der Waals surface area contributed by atoms with Crippen molar-refractivity contribution in [3.63, 3.8) is 0 Å². The molecule has 2 aromatic heterocycles. The Labute approximate surface area is 155 Å². The molecule has 0 aliphatic carbocycles. The summed E-state index contributed by atoms with van der Waals surface area (Å²) in [6.45, 7) is 1.93. The van der Waals surface area contributed by atoms with Gasteiger partial charge in [0.1, 0.15) is 4.88 Å². The van der Waals surface area contributed by atoms with Crippen LogP contribution in [0.2, 0.25) is 5.02 Å². The number of rotatable bonds is 6. The van der Waals surface area contributed by atoms with Gasteiger partial charge in [-0.05, 0) is 35.6 Å². The zero-order valence-corrected chi connectivity index (χ0v) is 15.7. The van der Waals surface area contributed by atoms with Crippen LogP contribution in [-0.2, 0) is 12.2 Å². The van der Waals surface area contributed by atoms with Crippen LogP contribution in [0, 0.1) is 0 Å². The smallest absolute Gasteiger partial charge is 0.271 e. The Morgan fingerprint density at radius 3 is 2.79 bits per heavy atom. The van der Waals surface area contributed by atoms with Gasteiger partial charge in [-0.3, -0.25) is 10.1 Å². The van der Waals surface area contributed by atoms with Gasteiger partial charge in [-0.25, -0.2) is 0 Å². The first-order chi connectivity index (χ1) is 11.7. The summed E-state index contributed by atoms with van der Waals surface area (Å²) < 4.78 is 4.60. The summed E-state index contributed by atoms with van der Waals surface area (Å²) in [5, 5.41) is 16.0. The van der Waals surface area contributed by atoms with Gasteiger partial charge in [-0.15, -0.1) is 15.3 Å². The Balaban J connectivity index is 1.59. The van der Waals surface area contributed by atoms with Crippen molar-refractivity contribution in [3.05, 3.63) is 45.4 Å². The maximum absolute atomic E-state index is 12.2. The lowest BCUT2D eigenvalue weighted by atomic mass is 10.2. The average molecular weight is 398 g/mol. The predicted octanol–water partition coefficient (Wildman–Crippen LogP) is 4.15. The number of aromatic nitrogens is 4. The van der Waals surface area contributed by atoms with E-state index in [1.54, 1.807) is 11.8 Å². The summed E-state index contributed by atoms with van der Waals surface area (Å²) >= 11 is 9.86. The highest BCUT2D eigenvalue weighted by atomic mass is 35.5. The molecule has 0 aliphatic heterocycles. The van der Waals surface area contributed by atoms with Crippen molar-refractivity contribution >= 4 is 57.3 Å². The molecule has 0 fully saturated rings. The van der Waals surface area contributed by atoms with Gasteiger partial charge < -0.3 is 0 Å². The fourth-order valence-electron chi connectivity index (χ4n) is 1.81. The number of aryl methyl sites for hydroxylation is 1. The highest BCUT2D eigenvalue weighted by Gasteiger charge is 2.17. The molecular formula is C14H12ClN5OS3. The standard InChI is InChI=1S/C14H12ClN5OS3/c1-2-10-11(24-20-17-10)12(21)16-13-18-19-14(23-13)22-7-8-3-5-9(15)6-4-8/h3-6H,2,7H2,1H3,(H,16,18,21). The molecule has 0 atom stereocenters. The lowest BCUT2D eigenvalue weighted by Gasteiger charge is -1.99. The van der Waals surface area contributed by atoms with Crippen molar-refractivity contribution in [2.75, 3.05) is 5.32 Å². The van der Waals surface area contributed by atoms with Crippen LogP contribution in [0.4, 0.5) is 5.13 Å². The average Bonchev–Trinajstić information content (AvgIpc) is 3.23. The van der Waals surface area contributed by atoms with Crippen LogP contribution in [0.3, 0.4) is 0 Å². The van der Waals surface area contributed by atoms with Crippen LogP contribution in [0.15, 0.2) is 28.6 Å². The highest BCUT2D eigenvalue weighted by molar-refractivity contribution is 8.00. The van der Waals surface area contributed by atoms with E-state index >= 15 is 0 Å². The van der Waals surface area contributed by atoms with Crippen molar-refractivity contribution in [2.45, 2.75) is 23.4 Å². The highest BCUT2D eigenvalue weighted by Crippen LogP contribution is 2.29. The van der Waals surface area contributed by atoms with E-state index in [1.807, 2.05) is 31.2 Å². The van der Waals surface area contributed by atoms with E-state index in [4.69, 9.17) is 11.6 Å². The molecular weight excluding hydrogens is 386 g/mol. The fourth-order valence-corrected chi connectivity index (χ4v) is 4.28. The van der Waals surface area contributed by atoms with Gasteiger partial charge in [0.25, 0.3) is 5.91 Å². The van der Waals surface area contributed by atoms with E-state index < -0.39 is 0 Å². The molecule has 0 saturated carbocycles. The number of hydrogen-bond acceptors (Lipinski definition) is 8. The van der Waals surface area contributed by atoms with Crippen LogP contribution >= 0.6 is 46.2 Å². The minimum Gasteiger partial charge on any atom is -0.296 e. The Bertz CT molecular complexity index is 833. The van der Waals surface area contributed by atoms with Crippen LogP contribution in [-0.4, -0.2) is 25.7 Å². The second kappa shape index (κ2) is 8.02. The molecule has 24 heavy (non-hydrogen) atoms. The zero-order valence-electron chi connectivity index (χ0n) is 12.5. The van der Waals surface area contributed by atoms with E-state index in [9.17, 15) is 4.79 Å². The van der Waals surface area contributed by atoms with Crippen molar-refractivity contribution in [3.8, 4) is 0 Å². The normalized spacial score (nSPS) is 10.8. The molecule has 0 aliphatic rings. The summed E-state index contributed by atoms with van der Waals surface area (Å²) in [7, 11) is 0. The molecule has 1 aromatic carbocycles. The van der Waals surface area contributed by atoms with Gasteiger partial charge in [0.15, 0.2) is 4.34 Å². The summed E-state index contributed by atoms with van der Waals surface area (Å²) in [5.74, 6) is 0.519. The molecule has 1 amide bonds. The molecule has 124 valence electrons. The summed E-state index contributed by atoms with van der Waals surface area (Å²) in [4.78, 5) is 12.7. The quantitative estimate of drug-likeness (QED) is 0.497. The third-order valence-corrected chi connectivity index (χ3v) is 6.06. The van der Waals surface area contributed by atoms with Crippen LogP contribution in [0.5, 0.6) is 0 Å². The number of benzene rings is 1. The van der Waals surface area contributed by atoms with Gasteiger partial charge >= 0.3 is 0 Å². The maximum atomic E-state index is 12.2. The number of nitrogens with one attached hydrogen (secondary N) is 1. The minimum atomic E-state index is -0.243. The van der Waals surface area contributed by atoms with E-state index in [2.05, 4.69) is 25.1 Å². The van der Waals surface area contributed by atoms with Crippen molar-refractivity contribution in [1.29, 1.82) is 0 Å². The van der Waals surface area contributed by atoms with Crippen molar-refractivity contribution in [2.24, 2.45) is 0 Å².